The van der Waals surface area contributed by atoms with Gasteiger partial charge in [-0.3, -0.25) is 0 Å². The lowest BCUT2D eigenvalue weighted by atomic mass is 9.87. The molecule has 1 aliphatic rings. The van der Waals surface area contributed by atoms with E-state index in [1.165, 1.54) is 0 Å². The van der Waals surface area contributed by atoms with Crippen LogP contribution >= 0.6 is 15.9 Å². The van der Waals surface area contributed by atoms with Crippen LogP contribution in [0.1, 0.15) is 19.1 Å². The molecule has 1 aromatic carbocycles. The van der Waals surface area contributed by atoms with E-state index in [-0.39, 0.29) is 5.54 Å². The fourth-order valence-electron chi connectivity index (χ4n) is 2.00. The summed E-state index contributed by atoms with van der Waals surface area (Å²) in [6.45, 7) is 3.26. The van der Waals surface area contributed by atoms with Gasteiger partial charge in [0.05, 0.1) is 5.54 Å². The number of fused-ring (bicyclic) bond motifs is 1. The normalized spacial score (nSPS) is 25.5. The molecule has 1 fully saturated rings. The van der Waals surface area contributed by atoms with Crippen LogP contribution in [0.15, 0.2) is 33.2 Å². The predicted octanol–water partition coefficient (Wildman–Crippen LogP) is 3.40. The van der Waals surface area contributed by atoms with Crippen LogP contribution in [-0.4, -0.2) is 6.54 Å². The molecule has 0 aliphatic carbocycles. The fraction of sp³-hybridized carbons (Fsp3) is 0.333. The van der Waals surface area contributed by atoms with Crippen molar-refractivity contribution >= 4 is 26.9 Å². The summed E-state index contributed by atoms with van der Waals surface area (Å²) in [6.07, 6.45) is 1.15. The van der Waals surface area contributed by atoms with Crippen molar-refractivity contribution in [1.82, 2.24) is 5.32 Å². The summed E-state index contributed by atoms with van der Waals surface area (Å²) < 4.78 is 6.94. The Morgan fingerprint density at radius 3 is 2.87 bits per heavy atom. The zero-order chi connectivity index (χ0) is 10.5. The molecule has 1 unspecified atom stereocenters. The third-order valence-corrected chi connectivity index (χ3v) is 3.66. The molecule has 3 heteroatoms. The lowest BCUT2D eigenvalue weighted by molar-refractivity contribution is 0.197. The van der Waals surface area contributed by atoms with Crippen LogP contribution in [0, 0.1) is 0 Å². The van der Waals surface area contributed by atoms with Gasteiger partial charge >= 0.3 is 0 Å². The van der Waals surface area contributed by atoms with Gasteiger partial charge in [0.25, 0.3) is 0 Å². The summed E-state index contributed by atoms with van der Waals surface area (Å²) in [5.74, 6) is 1.04. The van der Waals surface area contributed by atoms with Gasteiger partial charge in [-0.15, -0.1) is 0 Å². The minimum Gasteiger partial charge on any atom is -0.459 e. The lowest BCUT2D eigenvalue weighted by Crippen LogP contribution is -2.51. The number of nitrogens with one attached hydrogen (secondary N) is 1. The van der Waals surface area contributed by atoms with Gasteiger partial charge in [0.2, 0.25) is 0 Å². The Kier molecular flexibility index (Phi) is 1.94. The monoisotopic (exact) mass is 265 g/mol. The maximum Gasteiger partial charge on any atom is 0.134 e. The van der Waals surface area contributed by atoms with E-state index in [0.717, 1.165) is 34.2 Å². The Morgan fingerprint density at radius 2 is 2.20 bits per heavy atom. The van der Waals surface area contributed by atoms with Crippen LogP contribution in [-0.2, 0) is 5.54 Å². The minimum absolute atomic E-state index is 0.0471. The molecule has 1 N–H and O–H groups in total. The quantitative estimate of drug-likeness (QED) is 0.855. The predicted molar refractivity (Wildman–Crippen MR) is 63.9 cm³/mol. The van der Waals surface area contributed by atoms with Gasteiger partial charge in [-0.25, -0.2) is 0 Å². The van der Waals surface area contributed by atoms with Crippen molar-refractivity contribution < 1.29 is 4.42 Å². The Hall–Kier alpha value is -0.800. The molecule has 1 aromatic heterocycles. The highest BCUT2D eigenvalue weighted by molar-refractivity contribution is 9.10. The first-order chi connectivity index (χ1) is 7.17. The molecule has 0 radical (unpaired) electrons. The SMILES string of the molecule is CC1(c2cc3cc(Br)ccc3o2)CCN1. The second-order valence-corrected chi connectivity index (χ2v) is 5.22. The lowest BCUT2D eigenvalue weighted by Gasteiger charge is -2.37. The van der Waals surface area contributed by atoms with E-state index in [0.29, 0.717) is 0 Å². The molecule has 78 valence electrons. The summed E-state index contributed by atoms with van der Waals surface area (Å²) in [5, 5.41) is 4.57. The number of rotatable bonds is 1. The number of furan rings is 1. The summed E-state index contributed by atoms with van der Waals surface area (Å²) >= 11 is 3.47. The van der Waals surface area contributed by atoms with Crippen LogP contribution in [0.25, 0.3) is 11.0 Å². The van der Waals surface area contributed by atoms with E-state index < -0.39 is 0 Å². The second-order valence-electron chi connectivity index (χ2n) is 4.30. The van der Waals surface area contributed by atoms with Crippen molar-refractivity contribution in [3.05, 3.63) is 34.5 Å². The van der Waals surface area contributed by atoms with Crippen molar-refractivity contribution in [2.75, 3.05) is 6.54 Å². The molecule has 2 nitrogen and oxygen atoms in total. The Balaban J connectivity index is 2.14. The van der Waals surface area contributed by atoms with Crippen molar-refractivity contribution in [1.29, 1.82) is 0 Å². The molecular weight excluding hydrogens is 254 g/mol. The molecular formula is C12H12BrNO. The first kappa shape index (κ1) is 9.43. The van der Waals surface area contributed by atoms with Gasteiger partial charge in [-0.2, -0.15) is 0 Å². The van der Waals surface area contributed by atoms with Gasteiger partial charge in [-0.05, 0) is 44.2 Å². The highest BCUT2D eigenvalue weighted by Gasteiger charge is 2.36. The minimum atomic E-state index is 0.0471. The number of halogens is 1. The molecule has 2 aromatic rings. The second kappa shape index (κ2) is 3.09. The van der Waals surface area contributed by atoms with E-state index in [2.05, 4.69) is 40.3 Å². The molecule has 3 rings (SSSR count). The molecule has 0 spiro atoms. The number of hydrogen-bond acceptors (Lipinski definition) is 2. The molecule has 1 saturated heterocycles. The van der Waals surface area contributed by atoms with Crippen molar-refractivity contribution in [2.45, 2.75) is 18.9 Å². The van der Waals surface area contributed by atoms with Gasteiger partial charge in [-0.1, -0.05) is 15.9 Å². The zero-order valence-corrected chi connectivity index (χ0v) is 10.1. The molecule has 15 heavy (non-hydrogen) atoms. The summed E-state index contributed by atoms with van der Waals surface area (Å²) in [7, 11) is 0. The molecule has 1 atom stereocenters. The first-order valence-electron chi connectivity index (χ1n) is 5.12. The van der Waals surface area contributed by atoms with Gasteiger partial charge in [0, 0.05) is 9.86 Å². The van der Waals surface area contributed by atoms with Crippen LogP contribution in [0.2, 0.25) is 0 Å². The average Bonchev–Trinajstić information content (AvgIpc) is 2.57. The van der Waals surface area contributed by atoms with Crippen LogP contribution < -0.4 is 5.32 Å². The van der Waals surface area contributed by atoms with Gasteiger partial charge in [0.15, 0.2) is 0 Å². The van der Waals surface area contributed by atoms with Crippen molar-refractivity contribution in [2.24, 2.45) is 0 Å². The van der Waals surface area contributed by atoms with E-state index >= 15 is 0 Å². The van der Waals surface area contributed by atoms with Crippen molar-refractivity contribution in [3.63, 3.8) is 0 Å². The fourth-order valence-corrected chi connectivity index (χ4v) is 2.38. The smallest absolute Gasteiger partial charge is 0.134 e. The highest BCUT2D eigenvalue weighted by atomic mass is 79.9. The van der Waals surface area contributed by atoms with Crippen molar-refractivity contribution in [3.8, 4) is 0 Å². The zero-order valence-electron chi connectivity index (χ0n) is 8.51. The maximum atomic E-state index is 5.85. The number of hydrogen-bond donors (Lipinski definition) is 1. The average molecular weight is 266 g/mol. The van der Waals surface area contributed by atoms with E-state index in [4.69, 9.17) is 4.42 Å². The number of benzene rings is 1. The van der Waals surface area contributed by atoms with E-state index in [1.807, 2.05) is 12.1 Å². The third-order valence-electron chi connectivity index (χ3n) is 3.16. The Bertz CT molecular complexity index is 513. The molecule has 0 amide bonds. The van der Waals surface area contributed by atoms with Crippen LogP contribution in [0.4, 0.5) is 0 Å². The maximum absolute atomic E-state index is 5.85. The van der Waals surface area contributed by atoms with Crippen LogP contribution in [0.3, 0.4) is 0 Å². The molecule has 0 bridgehead atoms. The van der Waals surface area contributed by atoms with Gasteiger partial charge < -0.3 is 9.73 Å². The van der Waals surface area contributed by atoms with Gasteiger partial charge in [0.1, 0.15) is 11.3 Å². The van der Waals surface area contributed by atoms with E-state index in [9.17, 15) is 0 Å². The topological polar surface area (TPSA) is 25.2 Å². The Morgan fingerprint density at radius 1 is 1.40 bits per heavy atom. The summed E-state index contributed by atoms with van der Waals surface area (Å²) in [4.78, 5) is 0. The third kappa shape index (κ3) is 1.42. The largest absolute Gasteiger partial charge is 0.459 e. The summed E-state index contributed by atoms with van der Waals surface area (Å²) in [6, 6.07) is 8.23. The summed E-state index contributed by atoms with van der Waals surface area (Å²) in [5.41, 5.74) is 1.01. The van der Waals surface area contributed by atoms with E-state index in [1.54, 1.807) is 0 Å². The molecule has 2 heterocycles. The first-order valence-corrected chi connectivity index (χ1v) is 5.91. The van der Waals surface area contributed by atoms with Crippen LogP contribution in [0.5, 0.6) is 0 Å². The Labute approximate surface area is 96.8 Å². The molecule has 1 aliphatic heterocycles. The standard InChI is InChI=1S/C12H12BrNO/c1-12(4-5-14-12)11-7-8-6-9(13)2-3-10(8)15-11/h2-3,6-7,14H,4-5H2,1H3. The molecule has 0 saturated carbocycles. The highest BCUT2D eigenvalue weighted by Crippen LogP contribution is 2.35.